The van der Waals surface area contributed by atoms with E-state index in [-0.39, 0.29) is 29.9 Å². The van der Waals surface area contributed by atoms with Crippen LogP contribution in [0.1, 0.15) is 10.4 Å². The third-order valence-corrected chi connectivity index (χ3v) is 5.28. The van der Waals surface area contributed by atoms with Crippen LogP contribution in [0, 0.1) is 0 Å². The van der Waals surface area contributed by atoms with Crippen molar-refractivity contribution in [3.8, 4) is 5.69 Å². The lowest BCUT2D eigenvalue weighted by Crippen LogP contribution is -2.56. The van der Waals surface area contributed by atoms with Crippen molar-refractivity contribution in [1.82, 2.24) is 19.4 Å². The maximum absolute atomic E-state index is 12.9. The largest absolute Gasteiger partial charge is 0.332 e. The van der Waals surface area contributed by atoms with Crippen LogP contribution in [0.25, 0.3) is 16.6 Å². The lowest BCUT2D eigenvalue weighted by Gasteiger charge is -2.39. The van der Waals surface area contributed by atoms with Gasteiger partial charge in [0.05, 0.1) is 22.6 Å². The number of piperazine rings is 1. The quantitative estimate of drug-likeness (QED) is 0.703. The molecule has 1 fully saturated rings. The molecule has 0 bridgehead atoms. The minimum atomic E-state index is -0.132. The molecule has 7 nitrogen and oxygen atoms in total. The minimum Gasteiger partial charge on any atom is -0.332 e. The normalized spacial score (nSPS) is 17.2. The van der Waals surface area contributed by atoms with Crippen molar-refractivity contribution in [2.45, 2.75) is 6.04 Å². The second kappa shape index (κ2) is 8.73. The number of hydrogen-bond donors (Lipinski definition) is 1. The molecule has 0 spiro atoms. The maximum atomic E-state index is 12.9. The summed E-state index contributed by atoms with van der Waals surface area (Å²) in [4.78, 5) is 34.0. The summed E-state index contributed by atoms with van der Waals surface area (Å²) in [6, 6.07) is 14.3. The van der Waals surface area contributed by atoms with E-state index in [4.69, 9.17) is 5.73 Å². The molecule has 2 heterocycles. The van der Waals surface area contributed by atoms with Gasteiger partial charge in [0.15, 0.2) is 0 Å². The molecular formula is C21H24ClN5O2. The summed E-state index contributed by atoms with van der Waals surface area (Å²) in [6.45, 7) is 2.70. The number of benzene rings is 2. The minimum absolute atomic E-state index is 0. The highest BCUT2D eigenvalue weighted by atomic mass is 35.5. The molecular weight excluding hydrogens is 390 g/mol. The molecule has 2 N–H and O–H groups in total. The standard InChI is InChI=1S/C21H23N5O2.ClH/c1-24-10-11-25(17(12-22)13-24)20(27)15-6-8-16(9-7-15)26-14-23-19-5-3-2-4-18(19)21(26)28;/h2-9,14,17H,10-13,22H2,1H3;1H. The number of para-hydroxylation sites is 1. The molecule has 1 saturated heterocycles. The summed E-state index contributed by atoms with van der Waals surface area (Å²) in [6.07, 6.45) is 1.52. The van der Waals surface area contributed by atoms with Crippen LogP contribution in [0.5, 0.6) is 0 Å². The van der Waals surface area contributed by atoms with Gasteiger partial charge in [-0.1, -0.05) is 12.1 Å². The van der Waals surface area contributed by atoms with Gasteiger partial charge in [-0.2, -0.15) is 0 Å². The van der Waals surface area contributed by atoms with Gasteiger partial charge in [0.2, 0.25) is 0 Å². The summed E-state index contributed by atoms with van der Waals surface area (Å²) < 4.78 is 1.50. The summed E-state index contributed by atoms with van der Waals surface area (Å²) in [7, 11) is 2.04. The number of amides is 1. The van der Waals surface area contributed by atoms with Crippen molar-refractivity contribution in [2.75, 3.05) is 33.2 Å². The third kappa shape index (κ3) is 4.03. The van der Waals surface area contributed by atoms with Gasteiger partial charge in [-0.3, -0.25) is 14.2 Å². The van der Waals surface area contributed by atoms with Crippen LogP contribution in [-0.4, -0.2) is 64.5 Å². The zero-order valence-corrected chi connectivity index (χ0v) is 17.0. The number of nitrogens with two attached hydrogens (primary N) is 1. The Morgan fingerprint density at radius 1 is 1.14 bits per heavy atom. The van der Waals surface area contributed by atoms with Crippen molar-refractivity contribution >= 4 is 29.2 Å². The van der Waals surface area contributed by atoms with Crippen molar-refractivity contribution in [3.63, 3.8) is 0 Å². The number of hydrogen-bond acceptors (Lipinski definition) is 5. The number of likely N-dealkylation sites (N-methyl/N-ethyl adjacent to an activating group) is 1. The first-order chi connectivity index (χ1) is 13.6. The second-order valence-corrected chi connectivity index (χ2v) is 7.13. The Hall–Kier alpha value is -2.74. The molecule has 1 amide bonds. The first-order valence-electron chi connectivity index (χ1n) is 9.35. The fourth-order valence-corrected chi connectivity index (χ4v) is 3.66. The Bertz CT molecular complexity index is 1070. The molecule has 2 aromatic carbocycles. The van der Waals surface area contributed by atoms with Crippen molar-refractivity contribution in [2.24, 2.45) is 5.73 Å². The van der Waals surface area contributed by atoms with Gasteiger partial charge in [0.1, 0.15) is 6.33 Å². The molecule has 1 aromatic heterocycles. The first-order valence-corrected chi connectivity index (χ1v) is 9.35. The lowest BCUT2D eigenvalue weighted by atomic mass is 10.1. The van der Waals surface area contributed by atoms with Crippen LogP contribution >= 0.6 is 12.4 Å². The smallest absolute Gasteiger partial charge is 0.265 e. The maximum Gasteiger partial charge on any atom is 0.265 e. The zero-order chi connectivity index (χ0) is 19.7. The van der Waals surface area contributed by atoms with Gasteiger partial charge >= 0.3 is 0 Å². The Labute approximate surface area is 175 Å². The van der Waals surface area contributed by atoms with E-state index in [9.17, 15) is 9.59 Å². The Balaban J connectivity index is 0.00000240. The van der Waals surface area contributed by atoms with Crippen LogP contribution in [0.3, 0.4) is 0 Å². The van der Waals surface area contributed by atoms with Gasteiger partial charge in [0.25, 0.3) is 11.5 Å². The molecule has 8 heteroatoms. The van der Waals surface area contributed by atoms with Gasteiger partial charge in [-0.25, -0.2) is 4.98 Å². The SMILES string of the molecule is CN1CCN(C(=O)c2ccc(-n3cnc4ccccc4c3=O)cc2)C(CN)C1.Cl. The number of carbonyl (C=O) groups is 1. The fourth-order valence-electron chi connectivity index (χ4n) is 3.66. The van der Waals surface area contributed by atoms with Crippen molar-refractivity contribution in [3.05, 3.63) is 70.8 Å². The monoisotopic (exact) mass is 413 g/mol. The highest BCUT2D eigenvalue weighted by molar-refractivity contribution is 5.94. The predicted octanol–water partition coefficient (Wildman–Crippen LogP) is 1.52. The number of fused-ring (bicyclic) bond motifs is 1. The average molecular weight is 414 g/mol. The molecule has 0 aliphatic carbocycles. The van der Waals surface area contributed by atoms with E-state index in [1.165, 1.54) is 10.9 Å². The Morgan fingerprint density at radius 3 is 2.59 bits per heavy atom. The molecule has 4 rings (SSSR count). The van der Waals surface area contributed by atoms with E-state index in [0.717, 1.165) is 13.1 Å². The zero-order valence-electron chi connectivity index (χ0n) is 16.2. The van der Waals surface area contributed by atoms with E-state index in [0.29, 0.717) is 35.2 Å². The number of nitrogens with zero attached hydrogens (tertiary/aromatic N) is 4. The van der Waals surface area contributed by atoms with Crippen LogP contribution in [-0.2, 0) is 0 Å². The van der Waals surface area contributed by atoms with E-state index >= 15 is 0 Å². The van der Waals surface area contributed by atoms with E-state index in [2.05, 4.69) is 9.88 Å². The molecule has 1 aliphatic heterocycles. The molecule has 1 aliphatic rings. The van der Waals surface area contributed by atoms with Crippen LogP contribution in [0.4, 0.5) is 0 Å². The Kier molecular flexibility index (Phi) is 6.32. The molecule has 0 saturated carbocycles. The summed E-state index contributed by atoms with van der Waals surface area (Å²) in [5.41, 5.74) is 7.67. The summed E-state index contributed by atoms with van der Waals surface area (Å²) in [5, 5.41) is 0.563. The number of rotatable bonds is 3. The molecule has 29 heavy (non-hydrogen) atoms. The van der Waals surface area contributed by atoms with Gasteiger partial charge in [-0.05, 0) is 43.4 Å². The highest BCUT2D eigenvalue weighted by Gasteiger charge is 2.28. The van der Waals surface area contributed by atoms with Gasteiger partial charge < -0.3 is 15.5 Å². The molecule has 152 valence electrons. The van der Waals surface area contributed by atoms with Crippen LogP contribution < -0.4 is 11.3 Å². The fraction of sp³-hybridized carbons (Fsp3) is 0.286. The Morgan fingerprint density at radius 2 is 1.86 bits per heavy atom. The molecule has 0 radical (unpaired) electrons. The second-order valence-electron chi connectivity index (χ2n) is 7.13. The molecule has 1 unspecified atom stereocenters. The lowest BCUT2D eigenvalue weighted by molar-refractivity contribution is 0.0516. The average Bonchev–Trinajstić information content (AvgIpc) is 2.74. The first kappa shape index (κ1) is 21.0. The highest BCUT2D eigenvalue weighted by Crippen LogP contribution is 2.15. The predicted molar refractivity (Wildman–Crippen MR) is 116 cm³/mol. The van der Waals surface area contributed by atoms with E-state index in [1.54, 1.807) is 30.3 Å². The number of halogens is 1. The van der Waals surface area contributed by atoms with Crippen molar-refractivity contribution < 1.29 is 4.79 Å². The summed E-state index contributed by atoms with van der Waals surface area (Å²) >= 11 is 0. The molecule has 3 aromatic rings. The van der Waals surface area contributed by atoms with Gasteiger partial charge in [-0.15, -0.1) is 12.4 Å². The van der Waals surface area contributed by atoms with Crippen molar-refractivity contribution in [1.29, 1.82) is 0 Å². The number of aromatic nitrogens is 2. The van der Waals surface area contributed by atoms with E-state index < -0.39 is 0 Å². The third-order valence-electron chi connectivity index (χ3n) is 5.28. The number of carbonyl (C=O) groups excluding carboxylic acids is 1. The topological polar surface area (TPSA) is 84.5 Å². The van der Waals surface area contributed by atoms with Gasteiger partial charge in [0, 0.05) is 31.7 Å². The van der Waals surface area contributed by atoms with Crippen LogP contribution in [0.2, 0.25) is 0 Å². The molecule has 1 atom stereocenters. The summed E-state index contributed by atoms with van der Waals surface area (Å²) in [5.74, 6) is -0.0286. The van der Waals surface area contributed by atoms with E-state index in [1.807, 2.05) is 30.1 Å². The van der Waals surface area contributed by atoms with Crippen LogP contribution in [0.15, 0.2) is 59.7 Å².